The van der Waals surface area contributed by atoms with Gasteiger partial charge in [-0.1, -0.05) is 32.0 Å². The van der Waals surface area contributed by atoms with Crippen LogP contribution in [0.3, 0.4) is 0 Å². The first-order valence-corrected chi connectivity index (χ1v) is 12.8. The van der Waals surface area contributed by atoms with E-state index in [1.165, 1.54) is 0 Å². The standard InChI is InChI=1S/C30H40N2O4/c1-8-32(9-2)16-12-13-21(4)31-28(33)17-20(3)24-18-25-26(23-14-10-11-15-27(23)34-6)19-36-30(25)22(5)29(24)35-7/h10-11,14-15,17-19,21H,8-9,12-13,16H2,1-7H3,(H,31,33)/b20-17+. The number of nitrogens with one attached hydrogen (secondary N) is 1. The predicted octanol–water partition coefficient (Wildman–Crippen LogP) is 6.46. The molecule has 3 aromatic rings. The van der Waals surface area contributed by atoms with Crippen molar-refractivity contribution in [3.63, 3.8) is 0 Å². The molecule has 0 aliphatic carbocycles. The van der Waals surface area contributed by atoms with Crippen LogP contribution in [-0.4, -0.2) is 50.7 Å². The summed E-state index contributed by atoms with van der Waals surface area (Å²) in [6.45, 7) is 13.5. The summed E-state index contributed by atoms with van der Waals surface area (Å²) in [5.41, 5.74) is 5.24. The molecule has 0 aliphatic rings. The lowest BCUT2D eigenvalue weighted by Gasteiger charge is -2.19. The minimum Gasteiger partial charge on any atom is -0.496 e. The van der Waals surface area contributed by atoms with E-state index in [1.54, 1.807) is 26.6 Å². The van der Waals surface area contributed by atoms with E-state index in [0.717, 1.165) is 77.0 Å². The molecule has 1 aromatic heterocycles. The van der Waals surface area contributed by atoms with Crippen molar-refractivity contribution in [2.75, 3.05) is 33.9 Å². The van der Waals surface area contributed by atoms with Crippen LogP contribution in [0.15, 0.2) is 47.1 Å². The smallest absolute Gasteiger partial charge is 0.244 e. The number of carbonyl (C=O) groups excluding carboxylic acids is 1. The van der Waals surface area contributed by atoms with Crippen LogP contribution in [0, 0.1) is 6.92 Å². The number of carbonyl (C=O) groups is 1. The summed E-state index contributed by atoms with van der Waals surface area (Å²) >= 11 is 0. The molecule has 0 fully saturated rings. The highest BCUT2D eigenvalue weighted by Crippen LogP contribution is 2.42. The number of para-hydroxylation sites is 1. The Balaban J connectivity index is 1.87. The van der Waals surface area contributed by atoms with Gasteiger partial charge in [0, 0.05) is 39.8 Å². The normalized spacial score (nSPS) is 12.7. The van der Waals surface area contributed by atoms with Crippen LogP contribution >= 0.6 is 0 Å². The van der Waals surface area contributed by atoms with E-state index in [0.29, 0.717) is 5.75 Å². The average molecular weight is 493 g/mol. The molecule has 6 nitrogen and oxygen atoms in total. The number of fused-ring (bicyclic) bond motifs is 1. The molecule has 0 bridgehead atoms. The van der Waals surface area contributed by atoms with Gasteiger partial charge in [0.25, 0.3) is 0 Å². The maximum atomic E-state index is 12.8. The predicted molar refractivity (Wildman–Crippen MR) is 148 cm³/mol. The lowest BCUT2D eigenvalue weighted by Crippen LogP contribution is -2.32. The molecule has 3 rings (SSSR count). The second kappa shape index (κ2) is 12.6. The summed E-state index contributed by atoms with van der Waals surface area (Å²) in [5, 5.41) is 4.07. The number of hydrogen-bond donors (Lipinski definition) is 1. The molecule has 1 amide bonds. The van der Waals surface area contributed by atoms with Gasteiger partial charge in [-0.2, -0.15) is 0 Å². The number of aryl methyl sites for hydroxylation is 1. The first-order chi connectivity index (χ1) is 17.3. The third-order valence-electron chi connectivity index (χ3n) is 6.81. The van der Waals surface area contributed by atoms with Gasteiger partial charge in [0.2, 0.25) is 5.91 Å². The van der Waals surface area contributed by atoms with Gasteiger partial charge in [-0.05, 0) is 71.0 Å². The second-order valence-corrected chi connectivity index (χ2v) is 9.21. The molecule has 6 heteroatoms. The highest BCUT2D eigenvalue weighted by atomic mass is 16.5. The molecule has 0 saturated heterocycles. The fourth-order valence-corrected chi connectivity index (χ4v) is 4.74. The van der Waals surface area contributed by atoms with E-state index in [2.05, 4.69) is 31.0 Å². The Morgan fingerprint density at radius 2 is 1.86 bits per heavy atom. The minimum absolute atomic E-state index is 0.0974. The van der Waals surface area contributed by atoms with Crippen molar-refractivity contribution in [2.45, 2.75) is 53.5 Å². The van der Waals surface area contributed by atoms with Gasteiger partial charge in [-0.3, -0.25) is 4.79 Å². The molecule has 0 radical (unpaired) electrons. The quantitative estimate of drug-likeness (QED) is 0.294. The molecular formula is C30H40N2O4. The number of hydrogen-bond acceptors (Lipinski definition) is 5. The fourth-order valence-electron chi connectivity index (χ4n) is 4.74. The first kappa shape index (κ1) is 27.3. The van der Waals surface area contributed by atoms with E-state index < -0.39 is 0 Å². The summed E-state index contributed by atoms with van der Waals surface area (Å²) in [4.78, 5) is 15.2. The van der Waals surface area contributed by atoms with Crippen molar-refractivity contribution in [2.24, 2.45) is 0 Å². The van der Waals surface area contributed by atoms with Crippen LogP contribution in [0.4, 0.5) is 0 Å². The third kappa shape index (κ3) is 6.11. The van der Waals surface area contributed by atoms with E-state index in [9.17, 15) is 4.79 Å². The maximum Gasteiger partial charge on any atom is 0.244 e. The van der Waals surface area contributed by atoms with Gasteiger partial charge >= 0.3 is 0 Å². The molecule has 0 spiro atoms. The van der Waals surface area contributed by atoms with Crippen molar-refractivity contribution >= 4 is 22.4 Å². The van der Waals surface area contributed by atoms with Crippen molar-refractivity contribution in [1.29, 1.82) is 0 Å². The Kier molecular flexibility index (Phi) is 9.59. The molecule has 1 unspecified atom stereocenters. The maximum absolute atomic E-state index is 12.8. The van der Waals surface area contributed by atoms with Crippen molar-refractivity contribution in [3.05, 3.63) is 53.8 Å². The summed E-state index contributed by atoms with van der Waals surface area (Å²) < 4.78 is 17.3. The van der Waals surface area contributed by atoms with Gasteiger partial charge in [0.1, 0.15) is 17.1 Å². The number of benzene rings is 2. The van der Waals surface area contributed by atoms with Crippen LogP contribution in [-0.2, 0) is 4.79 Å². The van der Waals surface area contributed by atoms with E-state index in [4.69, 9.17) is 13.9 Å². The fraction of sp³-hybridized carbons (Fsp3) is 0.433. The molecule has 194 valence electrons. The van der Waals surface area contributed by atoms with Gasteiger partial charge in [-0.25, -0.2) is 0 Å². The van der Waals surface area contributed by atoms with Crippen LogP contribution in [0.2, 0.25) is 0 Å². The van der Waals surface area contributed by atoms with Gasteiger partial charge in [0.05, 0.1) is 20.5 Å². The largest absolute Gasteiger partial charge is 0.496 e. The summed E-state index contributed by atoms with van der Waals surface area (Å²) in [5.74, 6) is 1.38. The topological polar surface area (TPSA) is 63.9 Å². The zero-order valence-electron chi connectivity index (χ0n) is 22.7. The lowest BCUT2D eigenvalue weighted by molar-refractivity contribution is -0.117. The number of ether oxygens (including phenoxy) is 2. The first-order valence-electron chi connectivity index (χ1n) is 12.8. The number of nitrogens with zero attached hydrogens (tertiary/aromatic N) is 1. The van der Waals surface area contributed by atoms with Crippen molar-refractivity contribution in [1.82, 2.24) is 10.2 Å². The van der Waals surface area contributed by atoms with Crippen LogP contribution in [0.1, 0.15) is 51.7 Å². The summed E-state index contributed by atoms with van der Waals surface area (Å²) in [6, 6.07) is 10.0. The number of methoxy groups -OCH3 is 2. The minimum atomic E-state index is -0.0974. The molecule has 2 aromatic carbocycles. The highest BCUT2D eigenvalue weighted by Gasteiger charge is 2.20. The van der Waals surface area contributed by atoms with Gasteiger partial charge < -0.3 is 24.1 Å². The zero-order chi connectivity index (χ0) is 26.2. The molecule has 0 saturated carbocycles. The Bertz CT molecular complexity index is 1210. The van der Waals surface area contributed by atoms with E-state index in [1.807, 2.05) is 44.2 Å². The molecule has 0 aliphatic heterocycles. The summed E-state index contributed by atoms with van der Waals surface area (Å²) in [7, 11) is 3.31. The van der Waals surface area contributed by atoms with E-state index in [-0.39, 0.29) is 11.9 Å². The SMILES string of the molecule is CCN(CC)CCCC(C)NC(=O)/C=C(\C)c1cc2c(-c3ccccc3OC)coc2c(C)c1OC. The van der Waals surface area contributed by atoms with Gasteiger partial charge in [0.15, 0.2) is 0 Å². The molecule has 1 heterocycles. The van der Waals surface area contributed by atoms with Crippen LogP contribution in [0.25, 0.3) is 27.7 Å². The molecule has 1 atom stereocenters. The number of allylic oxidation sites excluding steroid dienone is 1. The van der Waals surface area contributed by atoms with E-state index >= 15 is 0 Å². The van der Waals surface area contributed by atoms with Crippen LogP contribution in [0.5, 0.6) is 11.5 Å². The molecule has 1 N–H and O–H groups in total. The van der Waals surface area contributed by atoms with Gasteiger partial charge in [-0.15, -0.1) is 0 Å². The third-order valence-corrected chi connectivity index (χ3v) is 6.81. The molecular weight excluding hydrogens is 452 g/mol. The van der Waals surface area contributed by atoms with Crippen molar-refractivity contribution in [3.8, 4) is 22.6 Å². The Morgan fingerprint density at radius 1 is 1.14 bits per heavy atom. The number of furan rings is 1. The summed E-state index contributed by atoms with van der Waals surface area (Å²) in [6.07, 6.45) is 5.42. The average Bonchev–Trinajstić information content (AvgIpc) is 3.30. The zero-order valence-corrected chi connectivity index (χ0v) is 22.7. The van der Waals surface area contributed by atoms with Crippen LogP contribution < -0.4 is 14.8 Å². The van der Waals surface area contributed by atoms with Crippen molar-refractivity contribution < 1.29 is 18.7 Å². The monoisotopic (exact) mass is 492 g/mol. The number of amides is 1. The Morgan fingerprint density at radius 3 is 2.53 bits per heavy atom. The second-order valence-electron chi connectivity index (χ2n) is 9.21. The lowest BCUT2D eigenvalue weighted by atomic mass is 9.96. The Labute approximate surface area is 215 Å². The number of rotatable bonds is 12. The highest BCUT2D eigenvalue weighted by molar-refractivity contribution is 6.02. The molecule has 36 heavy (non-hydrogen) atoms. The Hall–Kier alpha value is -3.25.